The Morgan fingerprint density at radius 3 is 1.93 bits per heavy atom. The van der Waals surface area contributed by atoms with Gasteiger partial charge in [0, 0.05) is 6.54 Å². The number of rotatable bonds is 7. The predicted molar refractivity (Wildman–Crippen MR) is 62.7 cm³/mol. The van der Waals surface area contributed by atoms with Gasteiger partial charge in [0.25, 0.3) is 0 Å². The minimum atomic E-state index is -0.0322. The van der Waals surface area contributed by atoms with Gasteiger partial charge in [-0.1, -0.05) is 20.8 Å². The van der Waals surface area contributed by atoms with Gasteiger partial charge in [-0.25, -0.2) is 0 Å². The first-order chi connectivity index (χ1) is 6.39. The molecule has 0 amide bonds. The number of hydrogen-bond acceptors (Lipinski definition) is 2. The molecular formula is C12H27NO. The van der Waals surface area contributed by atoms with Crippen LogP contribution in [0.25, 0.3) is 0 Å². The molecule has 0 aromatic rings. The van der Waals surface area contributed by atoms with E-state index in [0.29, 0.717) is 0 Å². The molecule has 0 aliphatic carbocycles. The van der Waals surface area contributed by atoms with Gasteiger partial charge in [-0.2, -0.15) is 0 Å². The summed E-state index contributed by atoms with van der Waals surface area (Å²) in [6.45, 7) is 14.9. The van der Waals surface area contributed by atoms with Crippen LogP contribution in [0.3, 0.4) is 0 Å². The SMILES string of the molecule is CCNCC(C)(CC)OC(C)(C)CC. The Bertz CT molecular complexity index is 156. The molecule has 86 valence electrons. The van der Waals surface area contributed by atoms with Crippen molar-refractivity contribution < 1.29 is 4.74 Å². The van der Waals surface area contributed by atoms with Gasteiger partial charge in [-0.05, 0) is 40.2 Å². The van der Waals surface area contributed by atoms with Crippen LogP contribution in [0.15, 0.2) is 0 Å². The molecule has 0 heterocycles. The lowest BCUT2D eigenvalue weighted by atomic mass is 9.99. The van der Waals surface area contributed by atoms with Gasteiger partial charge in [0.05, 0.1) is 11.2 Å². The lowest BCUT2D eigenvalue weighted by molar-refractivity contribution is -0.132. The zero-order chi connectivity index (χ0) is 11.2. The highest BCUT2D eigenvalue weighted by Crippen LogP contribution is 2.25. The maximum atomic E-state index is 6.16. The molecule has 0 aliphatic heterocycles. The summed E-state index contributed by atoms with van der Waals surface area (Å²) in [5, 5.41) is 3.36. The third-order valence-electron chi connectivity index (χ3n) is 2.87. The Morgan fingerprint density at radius 2 is 1.57 bits per heavy atom. The monoisotopic (exact) mass is 201 g/mol. The van der Waals surface area contributed by atoms with Crippen molar-refractivity contribution >= 4 is 0 Å². The Balaban J connectivity index is 4.23. The minimum Gasteiger partial charge on any atom is -0.368 e. The van der Waals surface area contributed by atoms with Crippen LogP contribution in [0, 0.1) is 0 Å². The molecule has 0 spiro atoms. The van der Waals surface area contributed by atoms with Gasteiger partial charge >= 0.3 is 0 Å². The Labute approximate surface area is 89.4 Å². The third-order valence-corrected chi connectivity index (χ3v) is 2.87. The van der Waals surface area contributed by atoms with E-state index in [1.165, 1.54) is 0 Å². The van der Waals surface area contributed by atoms with Crippen molar-refractivity contribution in [2.24, 2.45) is 0 Å². The van der Waals surface area contributed by atoms with E-state index in [4.69, 9.17) is 4.74 Å². The second kappa shape index (κ2) is 5.72. The average molecular weight is 201 g/mol. The van der Waals surface area contributed by atoms with Gasteiger partial charge in [0.2, 0.25) is 0 Å². The van der Waals surface area contributed by atoms with Gasteiger partial charge in [0.1, 0.15) is 0 Å². The molecule has 0 bridgehead atoms. The highest BCUT2D eigenvalue weighted by atomic mass is 16.5. The Kier molecular flexibility index (Phi) is 5.68. The summed E-state index contributed by atoms with van der Waals surface area (Å²) in [4.78, 5) is 0. The van der Waals surface area contributed by atoms with Gasteiger partial charge < -0.3 is 10.1 Å². The summed E-state index contributed by atoms with van der Waals surface area (Å²) in [6, 6.07) is 0. The summed E-state index contributed by atoms with van der Waals surface area (Å²) < 4.78 is 6.16. The number of hydrogen-bond donors (Lipinski definition) is 1. The second-order valence-corrected chi connectivity index (χ2v) is 4.80. The molecule has 2 nitrogen and oxygen atoms in total. The summed E-state index contributed by atoms with van der Waals surface area (Å²) in [6.07, 6.45) is 2.10. The fourth-order valence-corrected chi connectivity index (χ4v) is 1.36. The minimum absolute atomic E-state index is 0.0137. The van der Waals surface area contributed by atoms with Crippen LogP contribution in [0.2, 0.25) is 0 Å². The van der Waals surface area contributed by atoms with Crippen LogP contribution in [-0.2, 0) is 4.74 Å². The maximum Gasteiger partial charge on any atom is 0.0782 e. The van der Waals surface area contributed by atoms with E-state index in [-0.39, 0.29) is 11.2 Å². The topological polar surface area (TPSA) is 21.3 Å². The molecule has 0 saturated heterocycles. The third kappa shape index (κ3) is 4.97. The van der Waals surface area contributed by atoms with Crippen LogP contribution in [-0.4, -0.2) is 24.3 Å². The van der Waals surface area contributed by atoms with E-state index < -0.39 is 0 Å². The second-order valence-electron chi connectivity index (χ2n) is 4.80. The molecular weight excluding hydrogens is 174 g/mol. The molecule has 0 saturated carbocycles. The van der Waals surface area contributed by atoms with Crippen LogP contribution in [0.4, 0.5) is 0 Å². The van der Waals surface area contributed by atoms with Crippen molar-refractivity contribution in [2.75, 3.05) is 13.1 Å². The van der Waals surface area contributed by atoms with E-state index in [9.17, 15) is 0 Å². The highest BCUT2D eigenvalue weighted by molar-refractivity contribution is 4.81. The summed E-state index contributed by atoms with van der Waals surface area (Å²) in [5.74, 6) is 0. The van der Waals surface area contributed by atoms with E-state index >= 15 is 0 Å². The summed E-state index contributed by atoms with van der Waals surface area (Å²) >= 11 is 0. The Morgan fingerprint density at radius 1 is 1.00 bits per heavy atom. The van der Waals surface area contributed by atoms with Crippen LogP contribution < -0.4 is 5.32 Å². The molecule has 2 heteroatoms. The van der Waals surface area contributed by atoms with Gasteiger partial charge in [-0.3, -0.25) is 0 Å². The molecule has 1 atom stereocenters. The molecule has 0 aromatic carbocycles. The zero-order valence-electron chi connectivity index (χ0n) is 10.7. The van der Waals surface area contributed by atoms with Crippen molar-refractivity contribution in [1.29, 1.82) is 0 Å². The van der Waals surface area contributed by atoms with Crippen molar-refractivity contribution in [2.45, 2.75) is 65.6 Å². The Hall–Kier alpha value is -0.0800. The van der Waals surface area contributed by atoms with Crippen molar-refractivity contribution in [3.8, 4) is 0 Å². The molecule has 0 rings (SSSR count). The molecule has 14 heavy (non-hydrogen) atoms. The molecule has 0 aliphatic rings. The molecule has 1 unspecified atom stereocenters. The molecule has 0 aromatic heterocycles. The van der Waals surface area contributed by atoms with Crippen LogP contribution >= 0.6 is 0 Å². The lowest BCUT2D eigenvalue weighted by Gasteiger charge is -2.37. The molecule has 0 fully saturated rings. The van der Waals surface area contributed by atoms with Crippen molar-refractivity contribution in [3.05, 3.63) is 0 Å². The fourth-order valence-electron chi connectivity index (χ4n) is 1.36. The zero-order valence-corrected chi connectivity index (χ0v) is 10.7. The quantitative estimate of drug-likeness (QED) is 0.684. The first-order valence-corrected chi connectivity index (χ1v) is 5.80. The first-order valence-electron chi connectivity index (χ1n) is 5.80. The normalized spacial score (nSPS) is 16.7. The molecule has 0 radical (unpaired) electrons. The largest absolute Gasteiger partial charge is 0.368 e. The molecule has 1 N–H and O–H groups in total. The van der Waals surface area contributed by atoms with E-state index in [0.717, 1.165) is 25.9 Å². The predicted octanol–water partition coefficient (Wildman–Crippen LogP) is 2.97. The summed E-state index contributed by atoms with van der Waals surface area (Å²) in [7, 11) is 0. The maximum absolute atomic E-state index is 6.16. The van der Waals surface area contributed by atoms with E-state index in [1.807, 2.05) is 0 Å². The average Bonchev–Trinajstić information content (AvgIpc) is 2.14. The summed E-state index contributed by atoms with van der Waals surface area (Å²) in [5.41, 5.74) is -0.0459. The van der Waals surface area contributed by atoms with Crippen LogP contribution in [0.5, 0.6) is 0 Å². The number of nitrogens with one attached hydrogen (secondary N) is 1. The highest BCUT2D eigenvalue weighted by Gasteiger charge is 2.29. The smallest absolute Gasteiger partial charge is 0.0782 e. The first kappa shape index (κ1) is 13.9. The van der Waals surface area contributed by atoms with E-state index in [1.54, 1.807) is 0 Å². The van der Waals surface area contributed by atoms with Crippen molar-refractivity contribution in [3.63, 3.8) is 0 Å². The van der Waals surface area contributed by atoms with Gasteiger partial charge in [-0.15, -0.1) is 0 Å². The number of ether oxygens (including phenoxy) is 1. The fraction of sp³-hybridized carbons (Fsp3) is 1.00. The van der Waals surface area contributed by atoms with Crippen LogP contribution in [0.1, 0.15) is 54.4 Å². The standard InChI is InChI=1S/C12H27NO/c1-7-11(4,5)14-12(6,8-2)10-13-9-3/h13H,7-10H2,1-6H3. The van der Waals surface area contributed by atoms with Crippen molar-refractivity contribution in [1.82, 2.24) is 5.32 Å². The lowest BCUT2D eigenvalue weighted by Crippen LogP contribution is -2.45. The number of likely N-dealkylation sites (N-methyl/N-ethyl adjacent to an activating group) is 1. The van der Waals surface area contributed by atoms with E-state index in [2.05, 4.69) is 46.9 Å². The van der Waals surface area contributed by atoms with Gasteiger partial charge in [0.15, 0.2) is 0 Å².